The molecule has 4 N–H and O–H groups in total. The van der Waals surface area contributed by atoms with E-state index < -0.39 is 0 Å². The van der Waals surface area contributed by atoms with Gasteiger partial charge in [-0.2, -0.15) is 0 Å². The number of nitrogens with zero attached hydrogens (tertiary/aromatic N) is 1. The molecule has 94 valence electrons. The van der Waals surface area contributed by atoms with Gasteiger partial charge in [0.25, 0.3) is 0 Å². The Balaban J connectivity index is 2.01. The predicted molar refractivity (Wildman–Crippen MR) is 68.2 cm³/mol. The predicted octanol–water partition coefficient (Wildman–Crippen LogP) is 1.32. The quantitative estimate of drug-likeness (QED) is 0.745. The molecule has 0 aromatic heterocycles. The first-order valence-corrected chi connectivity index (χ1v) is 6.82. The molecule has 2 aliphatic rings. The largest absolute Gasteiger partial charge is 0.326 e. The van der Waals surface area contributed by atoms with Gasteiger partial charge in [0.05, 0.1) is 0 Å². The molecule has 0 amide bonds. The van der Waals surface area contributed by atoms with Crippen LogP contribution in [0.25, 0.3) is 0 Å². The summed E-state index contributed by atoms with van der Waals surface area (Å²) in [7, 11) is 0. The van der Waals surface area contributed by atoms with Crippen molar-refractivity contribution >= 4 is 0 Å². The van der Waals surface area contributed by atoms with E-state index in [0.717, 1.165) is 19.4 Å². The molecule has 3 nitrogen and oxygen atoms in total. The molecule has 0 aromatic carbocycles. The Morgan fingerprint density at radius 3 is 2.56 bits per heavy atom. The highest BCUT2D eigenvalue weighted by atomic mass is 15.2. The lowest BCUT2D eigenvalue weighted by atomic mass is 9.70. The lowest BCUT2D eigenvalue weighted by Crippen LogP contribution is -2.62. The van der Waals surface area contributed by atoms with Crippen molar-refractivity contribution in [3.05, 3.63) is 0 Å². The smallest absolute Gasteiger partial charge is 0.0349 e. The highest BCUT2D eigenvalue weighted by Gasteiger charge is 2.44. The van der Waals surface area contributed by atoms with Crippen LogP contribution in [0, 0.1) is 5.92 Å². The maximum Gasteiger partial charge on any atom is 0.0349 e. The zero-order chi connectivity index (χ0) is 11.8. The van der Waals surface area contributed by atoms with E-state index in [2.05, 4.69) is 18.7 Å². The molecule has 0 radical (unpaired) electrons. The highest BCUT2D eigenvalue weighted by Crippen LogP contribution is 2.36. The average molecular weight is 225 g/mol. The molecule has 0 aromatic rings. The van der Waals surface area contributed by atoms with Crippen LogP contribution >= 0.6 is 0 Å². The summed E-state index contributed by atoms with van der Waals surface area (Å²) < 4.78 is 0. The topological polar surface area (TPSA) is 55.3 Å². The first-order valence-electron chi connectivity index (χ1n) is 6.82. The summed E-state index contributed by atoms with van der Waals surface area (Å²) in [6.45, 7) is 6.90. The second-order valence-electron chi connectivity index (χ2n) is 6.04. The summed E-state index contributed by atoms with van der Waals surface area (Å²) in [5, 5.41) is 0. The lowest BCUT2D eigenvalue weighted by Gasteiger charge is -2.44. The van der Waals surface area contributed by atoms with Crippen LogP contribution in [-0.4, -0.2) is 35.6 Å². The minimum atomic E-state index is -0.0815. The molecule has 2 rings (SSSR count). The van der Waals surface area contributed by atoms with Crippen LogP contribution in [-0.2, 0) is 0 Å². The summed E-state index contributed by atoms with van der Waals surface area (Å²) in [5.41, 5.74) is 12.8. The van der Waals surface area contributed by atoms with Gasteiger partial charge in [0.15, 0.2) is 0 Å². The third-order valence-corrected chi connectivity index (χ3v) is 4.78. The van der Waals surface area contributed by atoms with Crippen molar-refractivity contribution in [1.29, 1.82) is 0 Å². The molecule has 1 aliphatic heterocycles. The molecule has 1 aliphatic carbocycles. The van der Waals surface area contributed by atoms with Gasteiger partial charge in [0.1, 0.15) is 0 Å². The Hall–Kier alpha value is -0.120. The molecule has 1 saturated carbocycles. The van der Waals surface area contributed by atoms with Gasteiger partial charge in [0.2, 0.25) is 0 Å². The monoisotopic (exact) mass is 225 g/mol. The maximum absolute atomic E-state index is 6.62. The van der Waals surface area contributed by atoms with Crippen LogP contribution in [0.2, 0.25) is 0 Å². The van der Waals surface area contributed by atoms with Gasteiger partial charge in [-0.05, 0) is 45.6 Å². The molecule has 0 spiro atoms. The SMILES string of the molecule is CC(C)N1CC[C@H](C2(N)CCCCC2N)C1. The third-order valence-electron chi connectivity index (χ3n) is 4.78. The Bertz CT molecular complexity index is 241. The van der Waals surface area contributed by atoms with E-state index >= 15 is 0 Å². The molecule has 3 heteroatoms. The lowest BCUT2D eigenvalue weighted by molar-refractivity contribution is 0.158. The number of rotatable bonds is 2. The molecule has 1 saturated heterocycles. The summed E-state index contributed by atoms with van der Waals surface area (Å²) in [6.07, 6.45) is 6.02. The molecule has 0 bridgehead atoms. The third kappa shape index (κ3) is 2.13. The Labute approximate surface area is 99.5 Å². The second-order valence-corrected chi connectivity index (χ2v) is 6.04. The first kappa shape index (κ1) is 12.3. The van der Waals surface area contributed by atoms with E-state index in [1.165, 1.54) is 25.8 Å². The first-order chi connectivity index (χ1) is 7.54. The van der Waals surface area contributed by atoms with E-state index in [4.69, 9.17) is 11.5 Å². The van der Waals surface area contributed by atoms with Gasteiger partial charge in [-0.3, -0.25) is 0 Å². The average Bonchev–Trinajstić information content (AvgIpc) is 2.72. The van der Waals surface area contributed by atoms with Crippen LogP contribution in [0.1, 0.15) is 46.0 Å². The van der Waals surface area contributed by atoms with Crippen molar-refractivity contribution in [3.8, 4) is 0 Å². The number of hydrogen-bond acceptors (Lipinski definition) is 3. The van der Waals surface area contributed by atoms with E-state index in [9.17, 15) is 0 Å². The van der Waals surface area contributed by atoms with Crippen LogP contribution in [0.3, 0.4) is 0 Å². The number of nitrogens with two attached hydrogens (primary N) is 2. The highest BCUT2D eigenvalue weighted by molar-refractivity contribution is 5.04. The second kappa shape index (κ2) is 4.63. The fraction of sp³-hybridized carbons (Fsp3) is 1.00. The van der Waals surface area contributed by atoms with Crippen LogP contribution in [0.5, 0.6) is 0 Å². The fourth-order valence-corrected chi connectivity index (χ4v) is 3.45. The van der Waals surface area contributed by atoms with Gasteiger partial charge in [0, 0.05) is 24.2 Å². The van der Waals surface area contributed by atoms with Crippen molar-refractivity contribution in [2.45, 2.75) is 63.6 Å². The summed E-state index contributed by atoms with van der Waals surface area (Å²) in [5.74, 6) is 0.616. The maximum atomic E-state index is 6.62. The van der Waals surface area contributed by atoms with Crippen molar-refractivity contribution < 1.29 is 0 Å². The van der Waals surface area contributed by atoms with Gasteiger partial charge in [-0.15, -0.1) is 0 Å². The van der Waals surface area contributed by atoms with E-state index in [1.54, 1.807) is 0 Å². The molecular weight excluding hydrogens is 198 g/mol. The van der Waals surface area contributed by atoms with Gasteiger partial charge >= 0.3 is 0 Å². The van der Waals surface area contributed by atoms with Crippen molar-refractivity contribution in [2.24, 2.45) is 17.4 Å². The Morgan fingerprint density at radius 1 is 1.25 bits per heavy atom. The Kier molecular flexibility index (Phi) is 3.57. The molecular formula is C13H27N3. The Morgan fingerprint density at radius 2 is 2.00 bits per heavy atom. The standard InChI is InChI=1S/C13H27N3/c1-10(2)16-8-6-11(9-16)13(15)7-4-3-5-12(13)14/h10-12H,3-9,14-15H2,1-2H3/t11-,12?,13?/m0/s1. The fourth-order valence-electron chi connectivity index (χ4n) is 3.45. The minimum absolute atomic E-state index is 0.0815. The summed E-state index contributed by atoms with van der Waals surface area (Å²) >= 11 is 0. The van der Waals surface area contributed by atoms with Crippen molar-refractivity contribution in [3.63, 3.8) is 0 Å². The minimum Gasteiger partial charge on any atom is -0.326 e. The number of hydrogen-bond donors (Lipinski definition) is 2. The molecule has 2 fully saturated rings. The zero-order valence-corrected chi connectivity index (χ0v) is 10.8. The van der Waals surface area contributed by atoms with Crippen molar-refractivity contribution in [2.75, 3.05) is 13.1 Å². The van der Waals surface area contributed by atoms with Gasteiger partial charge in [-0.25, -0.2) is 0 Å². The van der Waals surface area contributed by atoms with Crippen molar-refractivity contribution in [1.82, 2.24) is 4.90 Å². The summed E-state index contributed by atoms with van der Waals surface area (Å²) in [6, 6.07) is 0.867. The normalized spacial score (nSPS) is 41.8. The molecule has 3 atom stereocenters. The van der Waals surface area contributed by atoms with E-state index in [1.807, 2.05) is 0 Å². The molecule has 16 heavy (non-hydrogen) atoms. The summed E-state index contributed by atoms with van der Waals surface area (Å²) in [4.78, 5) is 2.54. The van der Waals surface area contributed by atoms with E-state index in [0.29, 0.717) is 12.0 Å². The van der Waals surface area contributed by atoms with Crippen LogP contribution in [0.15, 0.2) is 0 Å². The molecule has 2 unspecified atom stereocenters. The molecule has 1 heterocycles. The number of likely N-dealkylation sites (tertiary alicyclic amines) is 1. The zero-order valence-electron chi connectivity index (χ0n) is 10.8. The van der Waals surface area contributed by atoms with Crippen LogP contribution < -0.4 is 11.5 Å². The van der Waals surface area contributed by atoms with Gasteiger partial charge in [-0.1, -0.05) is 12.8 Å². The van der Waals surface area contributed by atoms with E-state index in [-0.39, 0.29) is 11.6 Å². The van der Waals surface area contributed by atoms with Crippen LogP contribution in [0.4, 0.5) is 0 Å². The van der Waals surface area contributed by atoms with Gasteiger partial charge < -0.3 is 16.4 Å².